The third-order valence-electron chi connectivity index (χ3n) is 4.05. The Morgan fingerprint density at radius 3 is 2.78 bits per heavy atom. The van der Waals surface area contributed by atoms with Gasteiger partial charge in [0.2, 0.25) is 5.91 Å². The van der Waals surface area contributed by atoms with Crippen LogP contribution >= 0.6 is 0 Å². The highest BCUT2D eigenvalue weighted by Crippen LogP contribution is 2.17. The van der Waals surface area contributed by atoms with Gasteiger partial charge in [-0.15, -0.1) is 0 Å². The zero-order valence-corrected chi connectivity index (χ0v) is 12.0. The molecule has 3 unspecified atom stereocenters. The van der Waals surface area contributed by atoms with Crippen molar-refractivity contribution >= 4 is 5.91 Å². The predicted octanol–water partition coefficient (Wildman–Crippen LogP) is 0.339. The van der Waals surface area contributed by atoms with Gasteiger partial charge in [-0.25, -0.2) is 0 Å². The molecule has 0 aromatic carbocycles. The van der Waals surface area contributed by atoms with Crippen molar-refractivity contribution < 1.29 is 9.53 Å². The minimum Gasteiger partial charge on any atom is -0.376 e. The summed E-state index contributed by atoms with van der Waals surface area (Å²) in [4.78, 5) is 13.9. The number of morpholine rings is 1. The molecule has 1 aliphatic heterocycles. The number of ether oxygens (including phenoxy) is 1. The van der Waals surface area contributed by atoms with Crippen LogP contribution in [0.1, 0.15) is 33.6 Å². The fourth-order valence-electron chi connectivity index (χ4n) is 2.30. The van der Waals surface area contributed by atoms with E-state index in [4.69, 9.17) is 10.5 Å². The van der Waals surface area contributed by atoms with Gasteiger partial charge >= 0.3 is 0 Å². The van der Waals surface area contributed by atoms with E-state index in [2.05, 4.69) is 24.1 Å². The molecule has 106 valence electrons. The summed E-state index contributed by atoms with van der Waals surface area (Å²) in [6.07, 6.45) is 2.06. The van der Waals surface area contributed by atoms with Gasteiger partial charge in [0.1, 0.15) is 0 Å². The highest BCUT2D eigenvalue weighted by atomic mass is 16.5. The van der Waals surface area contributed by atoms with Gasteiger partial charge in [-0.2, -0.15) is 0 Å². The van der Waals surface area contributed by atoms with E-state index in [1.165, 1.54) is 0 Å². The number of hydrogen-bond acceptors (Lipinski definition) is 4. The van der Waals surface area contributed by atoms with Crippen molar-refractivity contribution in [2.24, 2.45) is 5.73 Å². The van der Waals surface area contributed by atoms with Crippen LogP contribution in [0.2, 0.25) is 0 Å². The molecular weight excluding hydrogens is 230 g/mol. The second-order valence-electron chi connectivity index (χ2n) is 5.40. The lowest BCUT2D eigenvalue weighted by atomic mass is 9.96. The number of carbonyl (C=O) groups is 1. The molecule has 0 bridgehead atoms. The van der Waals surface area contributed by atoms with Gasteiger partial charge in [0, 0.05) is 19.1 Å². The Balaban J connectivity index is 2.56. The number of nitrogens with one attached hydrogen (secondary N) is 1. The Morgan fingerprint density at radius 1 is 1.61 bits per heavy atom. The molecule has 3 atom stereocenters. The van der Waals surface area contributed by atoms with Gasteiger partial charge in [-0.1, -0.05) is 6.92 Å². The van der Waals surface area contributed by atoms with Crippen LogP contribution in [0.25, 0.3) is 0 Å². The highest BCUT2D eigenvalue weighted by Gasteiger charge is 2.32. The second-order valence-corrected chi connectivity index (χ2v) is 5.40. The first-order valence-electron chi connectivity index (χ1n) is 6.77. The van der Waals surface area contributed by atoms with Gasteiger partial charge in [0.15, 0.2) is 0 Å². The molecule has 1 amide bonds. The van der Waals surface area contributed by atoms with E-state index >= 15 is 0 Å². The molecule has 0 saturated carbocycles. The summed E-state index contributed by atoms with van der Waals surface area (Å²) in [7, 11) is 1.78. The molecule has 18 heavy (non-hydrogen) atoms. The van der Waals surface area contributed by atoms with Crippen LogP contribution in [0.15, 0.2) is 0 Å². The summed E-state index contributed by atoms with van der Waals surface area (Å²) >= 11 is 0. The van der Waals surface area contributed by atoms with Gasteiger partial charge in [0.25, 0.3) is 0 Å². The van der Waals surface area contributed by atoms with Crippen LogP contribution in [-0.4, -0.2) is 55.2 Å². The third kappa shape index (κ3) is 3.67. The van der Waals surface area contributed by atoms with Gasteiger partial charge < -0.3 is 15.8 Å². The first-order valence-corrected chi connectivity index (χ1v) is 6.77. The maximum Gasteiger partial charge on any atom is 0.237 e. The van der Waals surface area contributed by atoms with Crippen LogP contribution in [0, 0.1) is 0 Å². The monoisotopic (exact) mass is 257 g/mol. The largest absolute Gasteiger partial charge is 0.376 e. The van der Waals surface area contributed by atoms with Crippen molar-refractivity contribution in [3.8, 4) is 0 Å². The average molecular weight is 257 g/mol. The zero-order valence-electron chi connectivity index (χ0n) is 12.0. The van der Waals surface area contributed by atoms with Crippen molar-refractivity contribution in [2.45, 2.75) is 51.3 Å². The Bertz CT molecular complexity index is 285. The predicted molar refractivity (Wildman–Crippen MR) is 72.3 cm³/mol. The van der Waals surface area contributed by atoms with E-state index in [1.807, 2.05) is 6.92 Å². The molecule has 0 aromatic rings. The summed E-state index contributed by atoms with van der Waals surface area (Å²) in [5.74, 6) is -0.292. The molecule has 1 heterocycles. The van der Waals surface area contributed by atoms with E-state index in [1.54, 1.807) is 7.05 Å². The fraction of sp³-hybridized carbons (Fsp3) is 0.923. The Kier molecular flexibility index (Phi) is 5.56. The van der Waals surface area contributed by atoms with Crippen LogP contribution in [0.3, 0.4) is 0 Å². The van der Waals surface area contributed by atoms with Gasteiger partial charge in [-0.05, 0) is 33.7 Å². The van der Waals surface area contributed by atoms with Crippen molar-refractivity contribution in [3.05, 3.63) is 0 Å². The quantitative estimate of drug-likeness (QED) is 0.720. The number of nitrogens with zero attached hydrogens (tertiary/aromatic N) is 1. The molecule has 0 aliphatic carbocycles. The molecule has 1 aliphatic rings. The van der Waals surface area contributed by atoms with Gasteiger partial charge in [0.05, 0.1) is 18.2 Å². The fourth-order valence-corrected chi connectivity index (χ4v) is 2.30. The number of primary amides is 1. The molecule has 0 spiro atoms. The molecule has 0 radical (unpaired) electrons. The van der Waals surface area contributed by atoms with Crippen molar-refractivity contribution in [1.29, 1.82) is 0 Å². The Morgan fingerprint density at radius 2 is 2.28 bits per heavy atom. The average Bonchev–Trinajstić information content (AvgIpc) is 2.35. The van der Waals surface area contributed by atoms with Crippen molar-refractivity contribution in [1.82, 2.24) is 10.2 Å². The summed E-state index contributed by atoms with van der Waals surface area (Å²) in [5, 5.41) is 3.03. The van der Waals surface area contributed by atoms with Gasteiger partial charge in [-0.3, -0.25) is 9.69 Å². The Hall–Kier alpha value is -0.650. The highest BCUT2D eigenvalue weighted by molar-refractivity contribution is 5.84. The van der Waals surface area contributed by atoms with E-state index in [0.717, 1.165) is 32.5 Å². The summed E-state index contributed by atoms with van der Waals surface area (Å²) in [6.45, 7) is 8.70. The summed E-state index contributed by atoms with van der Waals surface area (Å²) in [5.41, 5.74) is 4.82. The normalized spacial score (nSPS) is 28.9. The van der Waals surface area contributed by atoms with Crippen LogP contribution in [0.5, 0.6) is 0 Å². The molecule has 1 rings (SSSR count). The molecule has 1 saturated heterocycles. The maximum atomic E-state index is 11.5. The van der Waals surface area contributed by atoms with E-state index in [0.29, 0.717) is 6.04 Å². The van der Waals surface area contributed by atoms with E-state index < -0.39 is 5.54 Å². The smallest absolute Gasteiger partial charge is 0.237 e. The first-order chi connectivity index (χ1) is 8.42. The van der Waals surface area contributed by atoms with Crippen LogP contribution in [-0.2, 0) is 9.53 Å². The topological polar surface area (TPSA) is 67.6 Å². The standard InChI is InChI=1S/C13H27N3O2/c1-5-11-9-18-10(2)8-16(11)7-6-13(3,15-4)12(14)17/h10-11,15H,5-9H2,1-4H3,(H2,14,17). The molecule has 0 aromatic heterocycles. The lowest BCUT2D eigenvalue weighted by Crippen LogP contribution is -2.55. The van der Waals surface area contributed by atoms with Crippen molar-refractivity contribution in [2.75, 3.05) is 26.7 Å². The number of amides is 1. The minimum atomic E-state index is -0.625. The first kappa shape index (κ1) is 15.4. The van der Waals surface area contributed by atoms with Crippen LogP contribution < -0.4 is 11.1 Å². The second kappa shape index (κ2) is 6.50. The molecule has 5 heteroatoms. The number of rotatable bonds is 6. The molecule has 5 nitrogen and oxygen atoms in total. The maximum absolute atomic E-state index is 11.5. The number of nitrogens with two attached hydrogens (primary N) is 1. The third-order valence-corrected chi connectivity index (χ3v) is 4.05. The zero-order chi connectivity index (χ0) is 13.8. The lowest BCUT2D eigenvalue weighted by molar-refractivity contribution is -0.124. The summed E-state index contributed by atoms with van der Waals surface area (Å²) in [6, 6.07) is 0.454. The number of likely N-dealkylation sites (N-methyl/N-ethyl adjacent to an activating group) is 1. The molecule has 3 N–H and O–H groups in total. The SMILES string of the molecule is CCC1COC(C)CN1CCC(C)(NC)C(N)=O. The number of hydrogen-bond donors (Lipinski definition) is 2. The summed E-state index contributed by atoms with van der Waals surface area (Å²) < 4.78 is 5.67. The van der Waals surface area contributed by atoms with E-state index in [-0.39, 0.29) is 12.0 Å². The molecular formula is C13H27N3O2. The van der Waals surface area contributed by atoms with E-state index in [9.17, 15) is 4.79 Å². The van der Waals surface area contributed by atoms with Crippen molar-refractivity contribution in [3.63, 3.8) is 0 Å². The number of carbonyl (C=O) groups excluding carboxylic acids is 1. The lowest BCUT2D eigenvalue weighted by Gasteiger charge is -2.39. The Labute approximate surface area is 110 Å². The minimum absolute atomic E-state index is 0.266. The molecule has 1 fully saturated rings. The van der Waals surface area contributed by atoms with Crippen LogP contribution in [0.4, 0.5) is 0 Å².